The molecule has 0 radical (unpaired) electrons. The summed E-state index contributed by atoms with van der Waals surface area (Å²) in [7, 11) is 0. The van der Waals surface area contributed by atoms with Crippen molar-refractivity contribution in [1.29, 1.82) is 5.26 Å². The zero-order valence-electron chi connectivity index (χ0n) is 8.35. The van der Waals surface area contributed by atoms with Crippen molar-refractivity contribution in [2.24, 2.45) is 0 Å². The number of hydrogen-bond donors (Lipinski definition) is 2. The SMILES string of the molecule is Cc1cc(C#N)nc(N[C@H](C)C(=O)O)n1. The molecule has 0 aliphatic rings. The molecule has 0 saturated carbocycles. The van der Waals surface area contributed by atoms with E-state index in [1.165, 1.54) is 13.0 Å². The van der Waals surface area contributed by atoms with Crippen molar-refractivity contribution in [3.8, 4) is 6.07 Å². The van der Waals surface area contributed by atoms with E-state index in [0.717, 1.165) is 0 Å². The molecule has 15 heavy (non-hydrogen) atoms. The van der Waals surface area contributed by atoms with Crippen LogP contribution in [0.5, 0.6) is 0 Å². The summed E-state index contributed by atoms with van der Waals surface area (Å²) in [6.07, 6.45) is 0. The standard InChI is InChI=1S/C9H10N4O2/c1-5-3-7(4-10)13-9(11-5)12-6(2)8(14)15/h3,6H,1-2H3,(H,14,15)(H,11,12,13)/t6-/m1/s1. The summed E-state index contributed by atoms with van der Waals surface area (Å²) in [5.74, 6) is -0.847. The number of rotatable bonds is 3. The molecule has 0 unspecified atom stereocenters. The number of aryl methyl sites for hydroxylation is 1. The van der Waals surface area contributed by atoms with Crippen molar-refractivity contribution in [2.45, 2.75) is 19.9 Å². The van der Waals surface area contributed by atoms with Crippen LogP contribution in [-0.2, 0) is 4.79 Å². The number of nitriles is 1. The van der Waals surface area contributed by atoms with E-state index in [1.807, 2.05) is 6.07 Å². The van der Waals surface area contributed by atoms with Gasteiger partial charge in [0.15, 0.2) is 0 Å². The fraction of sp³-hybridized carbons (Fsp3) is 0.333. The molecule has 0 saturated heterocycles. The van der Waals surface area contributed by atoms with Gasteiger partial charge < -0.3 is 10.4 Å². The zero-order chi connectivity index (χ0) is 11.4. The van der Waals surface area contributed by atoms with E-state index in [9.17, 15) is 4.79 Å². The molecule has 1 aromatic rings. The van der Waals surface area contributed by atoms with Crippen molar-refractivity contribution >= 4 is 11.9 Å². The van der Waals surface area contributed by atoms with Gasteiger partial charge in [0.25, 0.3) is 0 Å². The Labute approximate surface area is 86.6 Å². The quantitative estimate of drug-likeness (QED) is 0.748. The summed E-state index contributed by atoms with van der Waals surface area (Å²) >= 11 is 0. The molecule has 6 nitrogen and oxygen atoms in total. The summed E-state index contributed by atoms with van der Waals surface area (Å²) in [4.78, 5) is 18.4. The van der Waals surface area contributed by atoms with Gasteiger partial charge in [-0.05, 0) is 19.9 Å². The van der Waals surface area contributed by atoms with Crippen LogP contribution in [0.15, 0.2) is 6.07 Å². The molecule has 1 rings (SSSR count). The van der Waals surface area contributed by atoms with Gasteiger partial charge in [-0.1, -0.05) is 0 Å². The maximum Gasteiger partial charge on any atom is 0.325 e. The molecular weight excluding hydrogens is 196 g/mol. The van der Waals surface area contributed by atoms with E-state index in [1.54, 1.807) is 6.92 Å². The second-order valence-corrected chi connectivity index (χ2v) is 3.03. The number of aliphatic carboxylic acids is 1. The third kappa shape index (κ3) is 2.91. The van der Waals surface area contributed by atoms with Gasteiger partial charge in [-0.2, -0.15) is 5.26 Å². The van der Waals surface area contributed by atoms with Crippen LogP contribution in [0, 0.1) is 18.3 Å². The summed E-state index contributed by atoms with van der Waals surface area (Å²) < 4.78 is 0. The molecule has 1 atom stereocenters. The fourth-order valence-electron chi connectivity index (χ4n) is 0.946. The Kier molecular flexibility index (Phi) is 3.18. The Morgan fingerprint density at radius 2 is 2.33 bits per heavy atom. The first-order valence-electron chi connectivity index (χ1n) is 4.28. The largest absolute Gasteiger partial charge is 0.480 e. The molecule has 1 aromatic heterocycles. The van der Waals surface area contributed by atoms with Gasteiger partial charge in [0, 0.05) is 5.69 Å². The average molecular weight is 206 g/mol. The van der Waals surface area contributed by atoms with Crippen molar-refractivity contribution in [3.05, 3.63) is 17.5 Å². The van der Waals surface area contributed by atoms with Crippen molar-refractivity contribution in [2.75, 3.05) is 5.32 Å². The number of hydrogen-bond acceptors (Lipinski definition) is 5. The first kappa shape index (κ1) is 10.9. The summed E-state index contributed by atoms with van der Waals surface area (Å²) in [6.45, 7) is 3.18. The Morgan fingerprint density at radius 1 is 1.67 bits per heavy atom. The van der Waals surface area contributed by atoms with Gasteiger partial charge in [0.2, 0.25) is 5.95 Å². The fourth-order valence-corrected chi connectivity index (χ4v) is 0.946. The highest BCUT2D eigenvalue weighted by Crippen LogP contribution is 2.05. The van der Waals surface area contributed by atoms with Gasteiger partial charge >= 0.3 is 5.97 Å². The lowest BCUT2D eigenvalue weighted by atomic mass is 10.3. The molecule has 0 aliphatic heterocycles. The zero-order valence-corrected chi connectivity index (χ0v) is 8.35. The number of carboxylic acids is 1. The average Bonchev–Trinajstić information content (AvgIpc) is 2.16. The number of nitrogens with zero attached hydrogens (tertiary/aromatic N) is 3. The minimum atomic E-state index is -1.00. The Hall–Kier alpha value is -2.16. The molecule has 1 heterocycles. The molecule has 0 fully saturated rings. The lowest BCUT2D eigenvalue weighted by molar-refractivity contribution is -0.137. The van der Waals surface area contributed by atoms with E-state index >= 15 is 0 Å². The number of carbonyl (C=O) groups is 1. The van der Waals surface area contributed by atoms with Gasteiger partial charge in [-0.25, -0.2) is 9.97 Å². The number of carboxylic acid groups (broad SMARTS) is 1. The Morgan fingerprint density at radius 3 is 2.87 bits per heavy atom. The van der Waals surface area contributed by atoms with E-state index in [0.29, 0.717) is 5.69 Å². The summed E-state index contributed by atoms with van der Waals surface area (Å²) in [6, 6.07) is 2.60. The van der Waals surface area contributed by atoms with Crippen LogP contribution in [0.25, 0.3) is 0 Å². The van der Waals surface area contributed by atoms with Crippen molar-refractivity contribution < 1.29 is 9.90 Å². The second kappa shape index (κ2) is 4.37. The predicted octanol–water partition coefficient (Wildman–Crippen LogP) is 0.542. The lowest BCUT2D eigenvalue weighted by Crippen LogP contribution is -2.26. The van der Waals surface area contributed by atoms with E-state index in [-0.39, 0.29) is 11.6 Å². The van der Waals surface area contributed by atoms with Crippen LogP contribution in [0.2, 0.25) is 0 Å². The van der Waals surface area contributed by atoms with Crippen LogP contribution < -0.4 is 5.32 Å². The van der Waals surface area contributed by atoms with Gasteiger partial charge in [-0.15, -0.1) is 0 Å². The molecule has 0 aliphatic carbocycles. The topological polar surface area (TPSA) is 98.9 Å². The van der Waals surface area contributed by atoms with Crippen LogP contribution in [0.3, 0.4) is 0 Å². The van der Waals surface area contributed by atoms with Crippen LogP contribution in [-0.4, -0.2) is 27.1 Å². The maximum absolute atomic E-state index is 10.6. The normalized spacial score (nSPS) is 11.5. The van der Waals surface area contributed by atoms with Crippen molar-refractivity contribution in [1.82, 2.24) is 9.97 Å². The smallest absolute Gasteiger partial charge is 0.325 e. The lowest BCUT2D eigenvalue weighted by Gasteiger charge is -2.09. The Bertz CT molecular complexity index is 425. The number of aromatic nitrogens is 2. The van der Waals surface area contributed by atoms with Gasteiger partial charge in [-0.3, -0.25) is 4.79 Å². The molecule has 0 spiro atoms. The molecule has 2 N–H and O–H groups in total. The highest BCUT2D eigenvalue weighted by atomic mass is 16.4. The minimum Gasteiger partial charge on any atom is -0.480 e. The van der Waals surface area contributed by atoms with Gasteiger partial charge in [0.1, 0.15) is 17.8 Å². The summed E-state index contributed by atoms with van der Waals surface area (Å²) in [5.41, 5.74) is 0.823. The first-order valence-corrected chi connectivity index (χ1v) is 4.28. The van der Waals surface area contributed by atoms with E-state index in [4.69, 9.17) is 10.4 Å². The van der Waals surface area contributed by atoms with E-state index in [2.05, 4.69) is 15.3 Å². The molecule has 0 amide bonds. The predicted molar refractivity (Wildman–Crippen MR) is 52.2 cm³/mol. The molecule has 0 aromatic carbocycles. The molecule has 0 bridgehead atoms. The monoisotopic (exact) mass is 206 g/mol. The maximum atomic E-state index is 10.6. The van der Waals surface area contributed by atoms with E-state index < -0.39 is 12.0 Å². The van der Waals surface area contributed by atoms with Crippen LogP contribution >= 0.6 is 0 Å². The van der Waals surface area contributed by atoms with Crippen molar-refractivity contribution in [3.63, 3.8) is 0 Å². The number of anilines is 1. The minimum absolute atomic E-state index is 0.154. The molecular formula is C9H10N4O2. The van der Waals surface area contributed by atoms with Crippen LogP contribution in [0.4, 0.5) is 5.95 Å². The third-order valence-electron chi connectivity index (χ3n) is 1.68. The molecule has 6 heteroatoms. The Balaban J connectivity index is 2.91. The van der Waals surface area contributed by atoms with Gasteiger partial charge in [0.05, 0.1) is 0 Å². The third-order valence-corrected chi connectivity index (χ3v) is 1.68. The first-order chi connectivity index (χ1) is 7.02. The summed E-state index contributed by atoms with van der Waals surface area (Å²) in [5, 5.41) is 19.9. The highest BCUT2D eigenvalue weighted by molar-refractivity contribution is 5.75. The second-order valence-electron chi connectivity index (χ2n) is 3.03. The molecule has 78 valence electrons. The highest BCUT2D eigenvalue weighted by Gasteiger charge is 2.12. The van der Waals surface area contributed by atoms with Crippen LogP contribution in [0.1, 0.15) is 18.3 Å². The number of nitrogens with one attached hydrogen (secondary N) is 1.